The number of nitrogens with zero attached hydrogens (tertiary/aromatic N) is 1. The number of carbonyl (C=O) groups is 3. The fourth-order valence-corrected chi connectivity index (χ4v) is 3.16. The maximum atomic E-state index is 12.7. The quantitative estimate of drug-likeness (QED) is 0.840. The molecule has 1 aromatic rings. The fraction of sp³-hybridized carbons (Fsp3) is 0.526. The number of hydrogen-bond donors (Lipinski definition) is 2. The molecule has 1 saturated heterocycles. The lowest BCUT2D eigenvalue weighted by Gasteiger charge is -2.25. The number of carboxylic acids is 1. The topological polar surface area (TPSA) is 86.7 Å². The van der Waals surface area contributed by atoms with Crippen molar-refractivity contribution >= 4 is 29.4 Å². The van der Waals surface area contributed by atoms with Gasteiger partial charge in [0.05, 0.1) is 5.92 Å². The predicted molar refractivity (Wildman–Crippen MR) is 99.0 cm³/mol. The third-order valence-corrected chi connectivity index (χ3v) is 4.90. The number of rotatable bonds is 4. The highest BCUT2D eigenvalue weighted by atomic mass is 35.5. The van der Waals surface area contributed by atoms with E-state index in [-0.39, 0.29) is 24.3 Å². The van der Waals surface area contributed by atoms with Crippen molar-refractivity contribution in [2.75, 3.05) is 13.1 Å². The molecule has 6 nitrogen and oxygen atoms in total. The van der Waals surface area contributed by atoms with Crippen LogP contribution in [0, 0.1) is 11.3 Å². The van der Waals surface area contributed by atoms with E-state index in [0.29, 0.717) is 11.6 Å². The highest BCUT2D eigenvalue weighted by Crippen LogP contribution is 2.33. The summed E-state index contributed by atoms with van der Waals surface area (Å²) in [6, 6.07) is 6.31. The van der Waals surface area contributed by atoms with Crippen LogP contribution in [-0.4, -0.2) is 46.9 Å². The molecule has 142 valence electrons. The first-order valence-corrected chi connectivity index (χ1v) is 8.96. The lowest BCUT2D eigenvalue weighted by molar-refractivity contribution is -0.142. The Morgan fingerprint density at radius 2 is 1.77 bits per heavy atom. The molecule has 1 unspecified atom stereocenters. The average Bonchev–Trinajstić information content (AvgIpc) is 2.99. The summed E-state index contributed by atoms with van der Waals surface area (Å²) in [5, 5.41) is 12.8. The number of likely N-dealkylation sites (tertiary alicyclic amines) is 1. The van der Waals surface area contributed by atoms with Crippen molar-refractivity contribution in [3.05, 3.63) is 34.9 Å². The van der Waals surface area contributed by atoms with E-state index in [2.05, 4.69) is 5.32 Å². The van der Waals surface area contributed by atoms with Gasteiger partial charge in [0.25, 0.3) is 0 Å². The van der Waals surface area contributed by atoms with E-state index in [1.54, 1.807) is 52.0 Å². The molecule has 2 rings (SSSR count). The maximum absolute atomic E-state index is 12.7. The molecule has 1 fully saturated rings. The van der Waals surface area contributed by atoms with Gasteiger partial charge in [0.2, 0.25) is 11.8 Å². The van der Waals surface area contributed by atoms with Crippen LogP contribution < -0.4 is 5.32 Å². The summed E-state index contributed by atoms with van der Waals surface area (Å²) in [5.74, 6) is -2.43. The standard InChI is InChI=1S/C19H25ClN2O4/c1-11(21-18(26)19(2,3)4)16(23)22-9-14(15(10-22)17(24)25)12-5-7-13(20)8-6-12/h5-8,11,14-15H,9-10H2,1-4H3,(H,21,26)(H,24,25)/t11?,14-,15+/m0/s1. The second-order valence-electron chi connectivity index (χ2n) is 7.79. The Hall–Kier alpha value is -2.08. The van der Waals surface area contributed by atoms with E-state index < -0.39 is 23.3 Å². The largest absolute Gasteiger partial charge is 0.481 e. The van der Waals surface area contributed by atoms with E-state index in [1.165, 1.54) is 4.90 Å². The molecular formula is C19H25ClN2O4. The van der Waals surface area contributed by atoms with Gasteiger partial charge in [-0.1, -0.05) is 44.5 Å². The molecule has 2 N–H and O–H groups in total. The molecule has 7 heteroatoms. The smallest absolute Gasteiger partial charge is 0.308 e. The first-order chi connectivity index (χ1) is 12.0. The molecular weight excluding hydrogens is 356 g/mol. The van der Waals surface area contributed by atoms with Crippen LogP contribution in [0.1, 0.15) is 39.2 Å². The van der Waals surface area contributed by atoms with Crippen LogP contribution in [-0.2, 0) is 14.4 Å². The number of hydrogen-bond acceptors (Lipinski definition) is 3. The molecule has 26 heavy (non-hydrogen) atoms. The minimum absolute atomic E-state index is 0.122. The van der Waals surface area contributed by atoms with Gasteiger partial charge in [0.15, 0.2) is 0 Å². The van der Waals surface area contributed by atoms with E-state index in [4.69, 9.17) is 11.6 Å². The zero-order valence-electron chi connectivity index (χ0n) is 15.5. The highest BCUT2D eigenvalue weighted by Gasteiger charge is 2.41. The number of carboxylic acid groups (broad SMARTS) is 1. The molecule has 1 heterocycles. The number of nitrogens with one attached hydrogen (secondary N) is 1. The summed E-state index contributed by atoms with van der Waals surface area (Å²) in [7, 11) is 0. The van der Waals surface area contributed by atoms with Crippen LogP contribution in [0.25, 0.3) is 0 Å². The Morgan fingerprint density at radius 3 is 2.27 bits per heavy atom. The molecule has 0 saturated carbocycles. The van der Waals surface area contributed by atoms with E-state index in [9.17, 15) is 19.5 Å². The Kier molecular flexibility index (Phi) is 5.96. The third-order valence-electron chi connectivity index (χ3n) is 4.65. The summed E-state index contributed by atoms with van der Waals surface area (Å²) in [6.45, 7) is 7.35. The molecule has 3 atom stereocenters. The zero-order valence-corrected chi connectivity index (χ0v) is 16.2. The van der Waals surface area contributed by atoms with E-state index in [1.807, 2.05) is 0 Å². The summed E-state index contributed by atoms with van der Waals surface area (Å²) in [5.41, 5.74) is 0.234. The van der Waals surface area contributed by atoms with Crippen molar-refractivity contribution in [1.82, 2.24) is 10.2 Å². The van der Waals surface area contributed by atoms with Gasteiger partial charge in [-0.25, -0.2) is 0 Å². The summed E-state index contributed by atoms with van der Waals surface area (Å²) in [4.78, 5) is 38.0. The maximum Gasteiger partial charge on any atom is 0.308 e. The molecule has 0 radical (unpaired) electrons. The molecule has 1 aliphatic rings. The van der Waals surface area contributed by atoms with Crippen LogP contribution >= 0.6 is 11.6 Å². The lowest BCUT2D eigenvalue weighted by Crippen LogP contribution is -2.49. The minimum Gasteiger partial charge on any atom is -0.481 e. The average molecular weight is 381 g/mol. The SMILES string of the molecule is CC(NC(=O)C(C)(C)C)C(=O)N1C[C@@H](C(=O)O)[C@H](c2ccc(Cl)cc2)C1. The molecule has 1 aliphatic heterocycles. The van der Waals surface area contributed by atoms with Crippen LogP contribution in [0.5, 0.6) is 0 Å². The Balaban J connectivity index is 2.13. The Labute approximate surface area is 158 Å². The van der Waals surface area contributed by atoms with Gasteiger partial charge in [-0.2, -0.15) is 0 Å². The van der Waals surface area contributed by atoms with Crippen molar-refractivity contribution in [3.63, 3.8) is 0 Å². The second kappa shape index (κ2) is 7.66. The van der Waals surface area contributed by atoms with Gasteiger partial charge >= 0.3 is 5.97 Å². The molecule has 0 aliphatic carbocycles. The summed E-state index contributed by atoms with van der Waals surface area (Å²) in [6.07, 6.45) is 0. The van der Waals surface area contributed by atoms with Crippen molar-refractivity contribution < 1.29 is 19.5 Å². The van der Waals surface area contributed by atoms with E-state index >= 15 is 0 Å². The molecule has 2 amide bonds. The van der Waals surface area contributed by atoms with Crippen molar-refractivity contribution in [1.29, 1.82) is 0 Å². The van der Waals surface area contributed by atoms with Crippen LogP contribution in [0.15, 0.2) is 24.3 Å². The fourth-order valence-electron chi connectivity index (χ4n) is 3.03. The third kappa shape index (κ3) is 4.55. The normalized spacial score (nSPS) is 21.3. The zero-order chi connectivity index (χ0) is 19.6. The minimum atomic E-state index is -0.938. The monoisotopic (exact) mass is 380 g/mol. The molecule has 0 spiro atoms. The van der Waals surface area contributed by atoms with Crippen LogP contribution in [0.2, 0.25) is 5.02 Å². The first-order valence-electron chi connectivity index (χ1n) is 8.58. The van der Waals surface area contributed by atoms with Crippen molar-refractivity contribution in [3.8, 4) is 0 Å². The summed E-state index contributed by atoms with van der Waals surface area (Å²) < 4.78 is 0. The Bertz CT molecular complexity index is 696. The number of halogens is 1. The van der Waals surface area contributed by atoms with Gasteiger partial charge in [-0.3, -0.25) is 14.4 Å². The van der Waals surface area contributed by atoms with Gasteiger partial charge in [-0.15, -0.1) is 0 Å². The molecule has 0 aromatic heterocycles. The molecule has 0 bridgehead atoms. The van der Waals surface area contributed by atoms with Gasteiger partial charge in [0, 0.05) is 29.4 Å². The number of benzene rings is 1. The van der Waals surface area contributed by atoms with Crippen LogP contribution in [0.3, 0.4) is 0 Å². The lowest BCUT2D eigenvalue weighted by atomic mass is 9.89. The number of carbonyl (C=O) groups excluding carboxylic acids is 2. The predicted octanol–water partition coefficient (Wildman–Crippen LogP) is 2.52. The second-order valence-corrected chi connectivity index (χ2v) is 8.23. The van der Waals surface area contributed by atoms with Gasteiger partial charge < -0.3 is 15.3 Å². The highest BCUT2D eigenvalue weighted by molar-refractivity contribution is 6.30. The van der Waals surface area contributed by atoms with Crippen LogP contribution in [0.4, 0.5) is 0 Å². The number of aliphatic carboxylic acids is 1. The van der Waals surface area contributed by atoms with Crippen molar-refractivity contribution in [2.45, 2.75) is 39.7 Å². The van der Waals surface area contributed by atoms with E-state index in [0.717, 1.165) is 5.56 Å². The number of amides is 2. The summed E-state index contributed by atoms with van der Waals surface area (Å²) >= 11 is 5.90. The van der Waals surface area contributed by atoms with Gasteiger partial charge in [0.1, 0.15) is 6.04 Å². The first kappa shape index (κ1) is 20.2. The molecule has 1 aromatic carbocycles. The Morgan fingerprint density at radius 1 is 1.19 bits per heavy atom. The van der Waals surface area contributed by atoms with Crippen molar-refractivity contribution in [2.24, 2.45) is 11.3 Å². The van der Waals surface area contributed by atoms with Gasteiger partial charge in [-0.05, 0) is 24.6 Å².